The van der Waals surface area contributed by atoms with Crippen molar-refractivity contribution in [1.82, 2.24) is 0 Å². The van der Waals surface area contributed by atoms with Gasteiger partial charge in [0.05, 0.1) is 15.7 Å². The first-order valence-electron chi connectivity index (χ1n) is 5.49. The molecule has 0 saturated carbocycles. The van der Waals surface area contributed by atoms with Gasteiger partial charge in [-0.2, -0.15) is 0 Å². The first-order chi connectivity index (χ1) is 9.38. The van der Waals surface area contributed by atoms with Gasteiger partial charge < -0.3 is 16.8 Å². The lowest BCUT2D eigenvalue weighted by Crippen LogP contribution is -2.14. The fourth-order valence-corrected chi connectivity index (χ4v) is 2.01. The Balaban J connectivity index is 2.40. The van der Waals surface area contributed by atoms with E-state index in [1.807, 2.05) is 0 Å². The van der Waals surface area contributed by atoms with Crippen molar-refractivity contribution in [3.8, 4) is 0 Å². The fourth-order valence-electron chi connectivity index (χ4n) is 1.63. The molecule has 104 valence electrons. The second kappa shape index (κ2) is 5.46. The van der Waals surface area contributed by atoms with Crippen molar-refractivity contribution >= 4 is 38.9 Å². The molecule has 7 heteroatoms. The predicted molar refractivity (Wildman–Crippen MR) is 76.7 cm³/mol. The second-order valence-electron chi connectivity index (χ2n) is 4.04. The summed E-state index contributed by atoms with van der Waals surface area (Å²) in [4.78, 5) is 11.2. The molecule has 0 bridgehead atoms. The van der Waals surface area contributed by atoms with Gasteiger partial charge in [-0.25, -0.2) is 8.78 Å². The Kier molecular flexibility index (Phi) is 3.89. The van der Waals surface area contributed by atoms with Crippen LogP contribution in [0, 0.1) is 11.6 Å². The van der Waals surface area contributed by atoms with Gasteiger partial charge in [-0.15, -0.1) is 0 Å². The molecule has 0 radical (unpaired) electrons. The van der Waals surface area contributed by atoms with Crippen molar-refractivity contribution < 1.29 is 13.6 Å². The highest BCUT2D eigenvalue weighted by molar-refractivity contribution is 9.10. The Hall–Kier alpha value is -2.15. The van der Waals surface area contributed by atoms with Gasteiger partial charge in [-0.3, -0.25) is 4.79 Å². The first-order valence-corrected chi connectivity index (χ1v) is 6.28. The maximum atomic E-state index is 13.8. The SMILES string of the molecule is NC(=O)c1cc(Nc2ccc(F)c(Br)c2)c(F)cc1N. The van der Waals surface area contributed by atoms with Crippen LogP contribution in [0.2, 0.25) is 0 Å². The van der Waals surface area contributed by atoms with Crippen molar-refractivity contribution in [1.29, 1.82) is 0 Å². The molecule has 0 unspecified atom stereocenters. The summed E-state index contributed by atoms with van der Waals surface area (Å²) in [7, 11) is 0. The molecule has 1 amide bonds. The summed E-state index contributed by atoms with van der Waals surface area (Å²) in [5, 5.41) is 2.73. The molecular weight excluding hydrogens is 332 g/mol. The lowest BCUT2D eigenvalue weighted by Gasteiger charge is -2.11. The van der Waals surface area contributed by atoms with Crippen LogP contribution in [0.4, 0.5) is 25.8 Å². The number of anilines is 3. The van der Waals surface area contributed by atoms with Gasteiger partial charge >= 0.3 is 0 Å². The standard InChI is InChI=1S/C13H10BrF2N3O/c14-8-3-6(1-2-9(8)15)19-12-4-7(13(18)20)11(17)5-10(12)16/h1-5,19H,17H2,(H2,18,20). The van der Waals surface area contributed by atoms with Gasteiger partial charge in [-0.05, 0) is 46.3 Å². The Morgan fingerprint density at radius 2 is 1.85 bits per heavy atom. The third-order valence-corrected chi connectivity index (χ3v) is 3.21. The molecule has 0 aromatic heterocycles. The molecule has 0 fully saturated rings. The summed E-state index contributed by atoms with van der Waals surface area (Å²) >= 11 is 3.02. The molecule has 0 saturated heterocycles. The van der Waals surface area contributed by atoms with E-state index in [4.69, 9.17) is 11.5 Å². The molecule has 2 aromatic carbocycles. The van der Waals surface area contributed by atoms with Crippen LogP contribution in [-0.2, 0) is 0 Å². The quantitative estimate of drug-likeness (QED) is 0.750. The number of nitrogens with two attached hydrogens (primary N) is 2. The number of carbonyl (C=O) groups excluding carboxylic acids is 1. The zero-order valence-corrected chi connectivity index (χ0v) is 11.7. The van der Waals surface area contributed by atoms with Crippen molar-refractivity contribution in [3.63, 3.8) is 0 Å². The van der Waals surface area contributed by atoms with Crippen molar-refractivity contribution in [2.24, 2.45) is 5.73 Å². The second-order valence-corrected chi connectivity index (χ2v) is 4.89. The van der Waals surface area contributed by atoms with Crippen LogP contribution < -0.4 is 16.8 Å². The van der Waals surface area contributed by atoms with E-state index in [-0.39, 0.29) is 21.4 Å². The summed E-state index contributed by atoms with van der Waals surface area (Å²) in [6.45, 7) is 0. The number of nitrogens with one attached hydrogen (secondary N) is 1. The molecule has 4 nitrogen and oxygen atoms in total. The highest BCUT2D eigenvalue weighted by Gasteiger charge is 2.12. The maximum Gasteiger partial charge on any atom is 0.250 e. The van der Waals surface area contributed by atoms with Crippen LogP contribution in [0.3, 0.4) is 0 Å². The van der Waals surface area contributed by atoms with Crippen molar-refractivity contribution in [3.05, 3.63) is 52.0 Å². The summed E-state index contributed by atoms with van der Waals surface area (Å²) < 4.78 is 27.1. The molecule has 0 atom stereocenters. The number of halogens is 3. The average Bonchev–Trinajstić information content (AvgIpc) is 2.36. The van der Waals surface area contributed by atoms with Crippen LogP contribution in [0.5, 0.6) is 0 Å². The largest absolute Gasteiger partial charge is 0.398 e. The third kappa shape index (κ3) is 2.88. The maximum absolute atomic E-state index is 13.8. The Morgan fingerprint density at radius 3 is 2.45 bits per heavy atom. The van der Waals surface area contributed by atoms with Crippen molar-refractivity contribution in [2.45, 2.75) is 0 Å². The molecule has 0 aliphatic carbocycles. The van der Waals surface area contributed by atoms with Crippen LogP contribution in [0.1, 0.15) is 10.4 Å². The number of benzene rings is 2. The average molecular weight is 342 g/mol. The minimum atomic E-state index is -0.758. The Morgan fingerprint density at radius 1 is 1.15 bits per heavy atom. The number of hydrogen-bond donors (Lipinski definition) is 3. The van der Waals surface area contributed by atoms with Gasteiger partial charge in [0, 0.05) is 11.4 Å². The number of primary amides is 1. The summed E-state index contributed by atoms with van der Waals surface area (Å²) in [5.41, 5.74) is 11.1. The smallest absolute Gasteiger partial charge is 0.250 e. The number of nitrogen functional groups attached to an aromatic ring is 1. The Labute approximate surface area is 121 Å². The number of amides is 1. The van der Waals surface area contributed by atoms with E-state index in [1.54, 1.807) is 0 Å². The Bertz CT molecular complexity index is 692. The molecule has 20 heavy (non-hydrogen) atoms. The van der Waals surface area contributed by atoms with Gasteiger partial charge in [0.15, 0.2) is 0 Å². The number of hydrogen-bond acceptors (Lipinski definition) is 3. The summed E-state index contributed by atoms with van der Waals surface area (Å²) in [6, 6.07) is 6.30. The zero-order chi connectivity index (χ0) is 14.9. The number of carbonyl (C=O) groups is 1. The molecular formula is C13H10BrF2N3O. The van der Waals surface area contributed by atoms with Crippen LogP contribution in [-0.4, -0.2) is 5.91 Å². The fraction of sp³-hybridized carbons (Fsp3) is 0. The van der Waals surface area contributed by atoms with E-state index in [1.165, 1.54) is 24.3 Å². The summed E-state index contributed by atoms with van der Waals surface area (Å²) in [6.07, 6.45) is 0. The van der Waals surface area contributed by atoms with Gasteiger partial charge in [0.1, 0.15) is 11.6 Å². The monoisotopic (exact) mass is 341 g/mol. The lowest BCUT2D eigenvalue weighted by atomic mass is 10.1. The van der Waals surface area contributed by atoms with E-state index in [0.29, 0.717) is 5.69 Å². The third-order valence-electron chi connectivity index (χ3n) is 2.60. The topological polar surface area (TPSA) is 81.1 Å². The zero-order valence-electron chi connectivity index (χ0n) is 10.1. The minimum absolute atomic E-state index is 0.00933. The van der Waals surface area contributed by atoms with E-state index in [9.17, 15) is 13.6 Å². The van der Waals surface area contributed by atoms with Gasteiger partial charge in [0.2, 0.25) is 0 Å². The van der Waals surface area contributed by atoms with E-state index < -0.39 is 17.5 Å². The normalized spacial score (nSPS) is 10.3. The van der Waals surface area contributed by atoms with Crippen molar-refractivity contribution in [2.75, 3.05) is 11.1 Å². The predicted octanol–water partition coefficient (Wildman–Crippen LogP) is 3.15. The molecule has 0 aliphatic heterocycles. The van der Waals surface area contributed by atoms with Gasteiger partial charge in [-0.1, -0.05) is 0 Å². The lowest BCUT2D eigenvalue weighted by molar-refractivity contribution is 0.100. The molecule has 2 rings (SSSR count). The highest BCUT2D eigenvalue weighted by Crippen LogP contribution is 2.27. The molecule has 5 N–H and O–H groups in total. The van der Waals surface area contributed by atoms with E-state index >= 15 is 0 Å². The molecule has 2 aromatic rings. The van der Waals surface area contributed by atoms with Crippen LogP contribution in [0.15, 0.2) is 34.8 Å². The van der Waals surface area contributed by atoms with E-state index in [2.05, 4.69) is 21.2 Å². The van der Waals surface area contributed by atoms with E-state index in [0.717, 1.165) is 6.07 Å². The van der Waals surface area contributed by atoms with Gasteiger partial charge in [0.25, 0.3) is 5.91 Å². The summed E-state index contributed by atoms with van der Waals surface area (Å²) in [5.74, 6) is -1.84. The molecule has 0 aliphatic rings. The van der Waals surface area contributed by atoms with Crippen LogP contribution >= 0.6 is 15.9 Å². The minimum Gasteiger partial charge on any atom is -0.398 e. The first kappa shape index (κ1) is 14.3. The van der Waals surface area contributed by atoms with Crippen LogP contribution in [0.25, 0.3) is 0 Å². The number of rotatable bonds is 3. The molecule has 0 heterocycles. The highest BCUT2D eigenvalue weighted by atomic mass is 79.9. The molecule has 0 spiro atoms.